The van der Waals surface area contributed by atoms with Crippen LogP contribution >= 0.6 is 0 Å². The van der Waals surface area contributed by atoms with Gasteiger partial charge in [0.1, 0.15) is 19.2 Å². The molecule has 0 saturated heterocycles. The van der Waals surface area contributed by atoms with Crippen LogP contribution in [0.1, 0.15) is 33.1 Å². The van der Waals surface area contributed by atoms with Crippen molar-refractivity contribution in [3.05, 3.63) is 26.3 Å². The van der Waals surface area contributed by atoms with Crippen LogP contribution in [0.2, 0.25) is 0 Å². The second kappa shape index (κ2) is 53.8. The average Bonchev–Trinajstić information content (AvgIpc) is 3.21. The van der Waals surface area contributed by atoms with Gasteiger partial charge in [-0.05, 0) is 12.8 Å². The summed E-state index contributed by atoms with van der Waals surface area (Å²) in [6, 6.07) is 0. The molecule has 0 aliphatic carbocycles. The standard InChI is InChI=1S/C4H17N2O5Si2.C4H16N2O5Si2.2C3H7F.C3H6F.C3H4F.2C2H2F4.CH2F2.FH/c2*1-7-12(5,8-2)11-13(6,9-3)10-4;4*1-2-3-4;2*3-1-2(4,5)6;2-1-3;/h5H2,1-4,6H3;5-6H2,1-4H3;2*2-3H2,1H3;1-3H2;2-3H,1H2;2*1H2;1H2;1H/q+1;;;;2*+1;;;;/p-1. The van der Waals surface area contributed by atoms with Gasteiger partial charge >= 0.3 is 48.2 Å². The van der Waals surface area contributed by atoms with Gasteiger partial charge in [0, 0.05) is 63.5 Å². The molecule has 0 fully saturated rings. The molecule has 0 saturated carbocycles. The molecule has 0 bridgehead atoms. The second-order valence-electron chi connectivity index (χ2n) is 8.21. The summed E-state index contributed by atoms with van der Waals surface area (Å²) in [5.41, 5.74) is 0. The van der Waals surface area contributed by atoms with Gasteiger partial charge < -0.3 is 53.7 Å². The summed E-state index contributed by atoms with van der Waals surface area (Å²) in [4.78, 5) is 0. The largest absolute Gasteiger partial charge is 1.00 e. The van der Waals surface area contributed by atoms with Gasteiger partial charge in [0.25, 0.3) is 0 Å². The van der Waals surface area contributed by atoms with E-state index >= 15 is 0 Å². The molecule has 0 aromatic carbocycles. The van der Waals surface area contributed by atoms with Crippen LogP contribution in [0.5, 0.6) is 0 Å². The van der Waals surface area contributed by atoms with Crippen molar-refractivity contribution in [3.63, 3.8) is 0 Å². The zero-order chi connectivity index (χ0) is 47.8. The first-order chi connectivity index (χ1) is 26.1. The Morgan fingerprint density at radius 3 is 0.845 bits per heavy atom. The lowest BCUT2D eigenvalue weighted by Crippen LogP contribution is -3.00. The molecule has 0 aliphatic rings. The third-order valence-corrected chi connectivity index (χ3v) is 13.1. The Balaban J connectivity index is -0.0000000591. The zero-order valence-corrected chi connectivity index (χ0v) is 38.1. The van der Waals surface area contributed by atoms with Crippen molar-refractivity contribution in [1.82, 2.24) is 0 Å². The lowest BCUT2D eigenvalue weighted by molar-refractivity contribution is -0.303. The Labute approximate surface area is 336 Å². The molecule has 362 valence electrons. The third-order valence-electron chi connectivity index (χ3n) is 3.82. The van der Waals surface area contributed by atoms with Crippen molar-refractivity contribution < 1.29 is 115 Å². The van der Waals surface area contributed by atoms with Gasteiger partial charge in [0.05, 0.1) is 20.3 Å². The number of nitrogens with two attached hydrogens (primary N) is 3. The molecule has 0 unspecified atom stereocenters. The zero-order valence-electron chi connectivity index (χ0n) is 34.1. The quantitative estimate of drug-likeness (QED) is 0.1000. The minimum absolute atomic E-state index is 0. The number of quaternary nitrogens is 1. The Morgan fingerprint density at radius 1 is 0.586 bits per heavy atom. The normalized spacial score (nSPS) is 10.7. The van der Waals surface area contributed by atoms with Gasteiger partial charge in [-0.2, -0.15) is 26.3 Å². The van der Waals surface area contributed by atoms with E-state index in [0.29, 0.717) is 25.9 Å². The van der Waals surface area contributed by atoms with Crippen molar-refractivity contribution in [2.45, 2.75) is 45.5 Å². The summed E-state index contributed by atoms with van der Waals surface area (Å²) in [7, 11) is -1.29. The lowest BCUT2D eigenvalue weighted by Gasteiger charge is -2.28. The summed E-state index contributed by atoms with van der Waals surface area (Å²) in [6.07, 6.45) is -6.46. The topological polar surface area (TPSA) is 198 Å². The van der Waals surface area contributed by atoms with Crippen LogP contribution in [-0.4, -0.2) is 145 Å². The molecule has 0 atom stereocenters. The van der Waals surface area contributed by atoms with Crippen LogP contribution in [0.25, 0.3) is 0 Å². The molecule has 0 aromatic heterocycles. The van der Waals surface area contributed by atoms with Crippen molar-refractivity contribution in [2.75, 3.05) is 97.2 Å². The van der Waals surface area contributed by atoms with Crippen molar-refractivity contribution in [3.8, 4) is 0 Å². The fraction of sp³-hybridized carbons (Fsp3) is 0.840. The summed E-state index contributed by atoms with van der Waals surface area (Å²) < 4.78 is 195. The van der Waals surface area contributed by atoms with Crippen LogP contribution < -0.4 is 26.3 Å². The van der Waals surface area contributed by atoms with Gasteiger partial charge in [-0.25, -0.2) is 22.0 Å². The van der Waals surface area contributed by atoms with E-state index in [1.807, 2.05) is 0 Å². The van der Waals surface area contributed by atoms with E-state index in [1.54, 1.807) is 13.8 Å². The van der Waals surface area contributed by atoms with E-state index in [-0.39, 0.29) is 24.7 Å². The molecule has 0 spiro atoms. The molecule has 0 radical (unpaired) electrons. The fourth-order valence-electron chi connectivity index (χ4n) is 1.08. The summed E-state index contributed by atoms with van der Waals surface area (Å²) >= 11 is 0. The predicted molar refractivity (Wildman–Crippen MR) is 192 cm³/mol. The van der Waals surface area contributed by atoms with Crippen LogP contribution in [-0.2, 0) is 43.6 Å². The van der Waals surface area contributed by atoms with Gasteiger partial charge in [-0.1, -0.05) is 18.2 Å². The maximum Gasteiger partial charge on any atom is 0.772 e. The first-order valence-electron chi connectivity index (χ1n) is 15.0. The van der Waals surface area contributed by atoms with Crippen molar-refractivity contribution >= 4 is 35.9 Å². The highest BCUT2D eigenvalue weighted by Crippen LogP contribution is 2.14. The first kappa shape index (κ1) is 80.7. The lowest BCUT2D eigenvalue weighted by atomic mass is 10.6. The van der Waals surface area contributed by atoms with Crippen LogP contribution in [0.3, 0.4) is 0 Å². The van der Waals surface area contributed by atoms with E-state index in [4.69, 9.17) is 59.8 Å². The highest BCUT2D eigenvalue weighted by Gasteiger charge is 2.55. The van der Waals surface area contributed by atoms with Crippen LogP contribution in [0.4, 0.5) is 61.5 Å². The van der Waals surface area contributed by atoms with Crippen LogP contribution in [0.15, 0.2) is 12.7 Å². The summed E-state index contributed by atoms with van der Waals surface area (Å²) in [5.74, 6) is 0. The van der Waals surface area contributed by atoms with Gasteiger partial charge in [-0.15, -0.1) is 0 Å². The van der Waals surface area contributed by atoms with E-state index in [2.05, 4.69) is 18.9 Å². The number of rotatable bonds is 16. The minimum atomic E-state index is -4.62. The van der Waals surface area contributed by atoms with Crippen LogP contribution in [0, 0.1) is 13.6 Å². The highest BCUT2D eigenvalue weighted by molar-refractivity contribution is 6.71. The maximum atomic E-state index is 10.7. The van der Waals surface area contributed by atoms with Gasteiger partial charge in [-0.3, -0.25) is 25.0 Å². The van der Waals surface area contributed by atoms with Crippen molar-refractivity contribution in [2.24, 2.45) is 16.2 Å². The summed E-state index contributed by atoms with van der Waals surface area (Å²) in [6.45, 7) is 3.42. The molecule has 33 heteroatoms. The molecular weight excluding hydrogens is 914 g/mol. The highest BCUT2D eigenvalue weighted by atomic mass is 28.5. The number of halogens is 15. The fourth-order valence-corrected chi connectivity index (χ4v) is 7.74. The minimum Gasteiger partial charge on any atom is -1.00 e. The Hall–Kier alpha value is -1.26. The van der Waals surface area contributed by atoms with Gasteiger partial charge in [0.15, 0.2) is 13.3 Å². The molecule has 58 heavy (non-hydrogen) atoms. The predicted octanol–water partition coefficient (Wildman–Crippen LogP) is 2.18. The molecule has 0 aromatic rings. The van der Waals surface area contributed by atoms with Crippen molar-refractivity contribution in [1.29, 1.82) is 0 Å². The smallest absolute Gasteiger partial charge is 0.772 e. The van der Waals surface area contributed by atoms with E-state index in [1.165, 1.54) is 56.9 Å². The first-order valence-corrected chi connectivity index (χ1v) is 22.4. The molecule has 9 N–H and O–H groups in total. The van der Waals surface area contributed by atoms with E-state index in [9.17, 15) is 61.5 Å². The molecule has 0 heterocycles. The number of alkyl halides is 13. The SMILES string of the molecule is C=C[CH+]F.CCCF.CCCF.CO[Si](N)(OC)O[Si](N)(OC)OC.CO[Si](N)(OC)O[Si]([NH3+])(OC)OC.FCC(F)(F)F.FCC(F)(F)F.FCF.[CH2+]CCF.[F-]. The Kier molecular flexibility index (Phi) is 74.8. The van der Waals surface area contributed by atoms with Gasteiger partial charge in [0.2, 0.25) is 13.6 Å². The molecule has 0 rings (SSSR count). The molecule has 0 aliphatic heterocycles. The molecule has 14 nitrogen and oxygen atoms in total. The monoisotopic (exact) mass is 976 g/mol. The third kappa shape index (κ3) is 79.0. The maximum absolute atomic E-state index is 10.7. The summed E-state index contributed by atoms with van der Waals surface area (Å²) in [5, 5.41) is 20.5. The second-order valence-corrected chi connectivity index (χ2v) is 18.1. The molecular formula is C25H63F15N4O10Si4+2. The average molecular weight is 977 g/mol. The van der Waals surface area contributed by atoms with E-state index in [0.717, 1.165) is 6.08 Å². The molecule has 0 amide bonds. The number of allylic oxidation sites excluding steroid dienone is 1. The Bertz CT molecular complexity index is 669. The van der Waals surface area contributed by atoms with E-state index < -0.39 is 68.5 Å². The number of hydrogen-bond acceptors (Lipinski definition) is 13. The Morgan fingerprint density at radius 2 is 0.759 bits per heavy atom. The number of hydrogen-bond donors (Lipinski definition) is 4.